The van der Waals surface area contributed by atoms with Crippen LogP contribution in [0.2, 0.25) is 0 Å². The molecular weight excluding hydrogens is 326 g/mol. The lowest BCUT2D eigenvalue weighted by Gasteiger charge is -2.52. The van der Waals surface area contributed by atoms with Crippen molar-refractivity contribution in [2.24, 2.45) is 5.92 Å². The van der Waals surface area contributed by atoms with E-state index < -0.39 is 5.60 Å². The monoisotopic (exact) mass is 353 g/mol. The van der Waals surface area contributed by atoms with Gasteiger partial charge in [-0.3, -0.25) is 9.48 Å². The van der Waals surface area contributed by atoms with Crippen molar-refractivity contribution >= 4 is 5.91 Å². The molecule has 5 heteroatoms. The number of aliphatic hydroxyl groups is 1. The van der Waals surface area contributed by atoms with E-state index in [1.807, 2.05) is 48.2 Å². The van der Waals surface area contributed by atoms with Crippen LogP contribution in [0.1, 0.15) is 43.4 Å². The lowest BCUT2D eigenvalue weighted by Crippen LogP contribution is -2.59. The number of benzene rings is 1. The van der Waals surface area contributed by atoms with Crippen LogP contribution in [0.4, 0.5) is 0 Å². The molecule has 2 aromatic rings. The highest BCUT2D eigenvalue weighted by atomic mass is 16.3. The maximum absolute atomic E-state index is 13.0. The van der Waals surface area contributed by atoms with Crippen molar-refractivity contribution in [3.63, 3.8) is 0 Å². The molecule has 3 atom stereocenters. The van der Waals surface area contributed by atoms with Crippen LogP contribution in [0.3, 0.4) is 0 Å². The van der Waals surface area contributed by atoms with E-state index in [0.717, 1.165) is 36.9 Å². The lowest BCUT2D eigenvalue weighted by atomic mass is 9.66. The smallest absolute Gasteiger partial charge is 0.244 e. The van der Waals surface area contributed by atoms with Crippen LogP contribution < -0.4 is 0 Å². The zero-order chi connectivity index (χ0) is 18.1. The Morgan fingerprint density at radius 2 is 2.00 bits per heavy atom. The molecule has 4 rings (SSSR count). The number of aromatic nitrogens is 2. The van der Waals surface area contributed by atoms with E-state index in [4.69, 9.17) is 0 Å². The summed E-state index contributed by atoms with van der Waals surface area (Å²) in [7, 11) is 0. The van der Waals surface area contributed by atoms with Crippen LogP contribution in [0, 0.1) is 12.8 Å². The quantitative estimate of drug-likeness (QED) is 0.923. The first-order valence-corrected chi connectivity index (χ1v) is 9.65. The number of piperidine rings is 1. The standard InChI is InChI=1S/C21H27N3O2/c1-16-11-13-22-24(16)15-20(25)23-14-12-21(26,17-7-3-2-4-8-17)18-9-5-6-10-19(18)23/h2-4,7-8,11,13,18-19,26H,5-6,9-10,12,14-15H2,1H3. The van der Waals surface area contributed by atoms with Crippen LogP contribution in [0.25, 0.3) is 0 Å². The summed E-state index contributed by atoms with van der Waals surface area (Å²) < 4.78 is 1.76. The summed E-state index contributed by atoms with van der Waals surface area (Å²) in [6.07, 6.45) is 6.52. The van der Waals surface area contributed by atoms with E-state index in [1.54, 1.807) is 10.9 Å². The number of fused-ring (bicyclic) bond motifs is 1. The van der Waals surface area contributed by atoms with E-state index in [0.29, 0.717) is 13.0 Å². The van der Waals surface area contributed by atoms with Gasteiger partial charge in [0.15, 0.2) is 0 Å². The maximum Gasteiger partial charge on any atom is 0.244 e. The average Bonchev–Trinajstić information content (AvgIpc) is 3.07. The zero-order valence-electron chi connectivity index (χ0n) is 15.3. The summed E-state index contributed by atoms with van der Waals surface area (Å²) in [4.78, 5) is 15.0. The molecule has 0 radical (unpaired) electrons. The number of hydrogen-bond donors (Lipinski definition) is 1. The van der Waals surface area contributed by atoms with Gasteiger partial charge in [-0.25, -0.2) is 0 Å². The van der Waals surface area contributed by atoms with Crippen LogP contribution in [-0.4, -0.2) is 38.3 Å². The molecule has 0 bridgehead atoms. The van der Waals surface area contributed by atoms with E-state index >= 15 is 0 Å². The molecule has 1 aromatic carbocycles. The van der Waals surface area contributed by atoms with Crippen molar-refractivity contribution in [3.05, 3.63) is 53.9 Å². The molecule has 26 heavy (non-hydrogen) atoms. The van der Waals surface area contributed by atoms with Gasteiger partial charge in [0.2, 0.25) is 5.91 Å². The predicted molar refractivity (Wildman–Crippen MR) is 99.4 cm³/mol. The van der Waals surface area contributed by atoms with Crippen LogP contribution >= 0.6 is 0 Å². The third-order valence-corrected chi connectivity index (χ3v) is 6.29. The summed E-state index contributed by atoms with van der Waals surface area (Å²) >= 11 is 0. The number of carbonyl (C=O) groups excluding carboxylic acids is 1. The van der Waals surface area contributed by atoms with Gasteiger partial charge in [-0.2, -0.15) is 5.10 Å². The largest absolute Gasteiger partial charge is 0.385 e. The zero-order valence-corrected chi connectivity index (χ0v) is 15.3. The van der Waals surface area contributed by atoms with Crippen molar-refractivity contribution < 1.29 is 9.90 Å². The molecule has 0 spiro atoms. The number of likely N-dealkylation sites (tertiary alicyclic amines) is 1. The fraction of sp³-hybridized carbons (Fsp3) is 0.524. The summed E-state index contributed by atoms with van der Waals surface area (Å²) in [5, 5.41) is 15.8. The van der Waals surface area contributed by atoms with Gasteiger partial charge in [-0.15, -0.1) is 0 Å². The Morgan fingerprint density at radius 1 is 1.23 bits per heavy atom. The molecule has 2 heterocycles. The van der Waals surface area contributed by atoms with Crippen LogP contribution in [0.5, 0.6) is 0 Å². The van der Waals surface area contributed by atoms with Crippen molar-refractivity contribution in [2.75, 3.05) is 6.54 Å². The van der Waals surface area contributed by atoms with E-state index in [9.17, 15) is 9.90 Å². The molecule has 1 saturated heterocycles. The highest BCUT2D eigenvalue weighted by Gasteiger charge is 2.50. The van der Waals surface area contributed by atoms with E-state index in [1.165, 1.54) is 0 Å². The molecule has 1 N–H and O–H groups in total. The minimum Gasteiger partial charge on any atom is -0.385 e. The maximum atomic E-state index is 13.0. The number of rotatable bonds is 3. The van der Waals surface area contributed by atoms with Crippen molar-refractivity contribution in [2.45, 2.75) is 57.2 Å². The Hall–Kier alpha value is -2.14. The fourth-order valence-corrected chi connectivity index (χ4v) is 4.86. The van der Waals surface area contributed by atoms with Gasteiger partial charge < -0.3 is 10.0 Å². The average molecular weight is 353 g/mol. The minimum absolute atomic E-state index is 0.107. The number of amides is 1. The molecule has 1 aliphatic heterocycles. The van der Waals surface area contributed by atoms with Crippen molar-refractivity contribution in [1.82, 2.24) is 14.7 Å². The summed E-state index contributed by atoms with van der Waals surface area (Å²) in [6, 6.07) is 12.0. The second-order valence-corrected chi connectivity index (χ2v) is 7.72. The third-order valence-electron chi connectivity index (χ3n) is 6.29. The molecule has 138 valence electrons. The van der Waals surface area contributed by atoms with Gasteiger partial charge >= 0.3 is 0 Å². The van der Waals surface area contributed by atoms with Crippen LogP contribution in [0.15, 0.2) is 42.6 Å². The number of hydrogen-bond acceptors (Lipinski definition) is 3. The third kappa shape index (κ3) is 2.94. The predicted octanol–water partition coefficient (Wildman–Crippen LogP) is 2.87. The summed E-state index contributed by atoms with van der Waals surface area (Å²) in [6.45, 7) is 2.85. The highest BCUT2D eigenvalue weighted by molar-refractivity contribution is 5.76. The van der Waals surface area contributed by atoms with Gasteiger partial charge in [0, 0.05) is 30.4 Å². The summed E-state index contributed by atoms with van der Waals surface area (Å²) in [5.41, 5.74) is 1.16. The highest BCUT2D eigenvalue weighted by Crippen LogP contribution is 2.46. The van der Waals surface area contributed by atoms with Gasteiger partial charge in [-0.05, 0) is 37.8 Å². The molecule has 2 fully saturated rings. The van der Waals surface area contributed by atoms with Gasteiger partial charge in [0.25, 0.3) is 0 Å². The van der Waals surface area contributed by atoms with Gasteiger partial charge in [-0.1, -0.05) is 43.2 Å². The first kappa shape index (κ1) is 17.3. The Labute approximate surface area is 154 Å². The Bertz CT molecular complexity index is 773. The first-order valence-electron chi connectivity index (χ1n) is 9.65. The van der Waals surface area contributed by atoms with Crippen LogP contribution in [-0.2, 0) is 16.9 Å². The number of carbonyl (C=O) groups is 1. The fourth-order valence-electron chi connectivity index (χ4n) is 4.86. The van der Waals surface area contributed by atoms with Crippen molar-refractivity contribution in [1.29, 1.82) is 0 Å². The Balaban J connectivity index is 1.58. The number of nitrogens with zero attached hydrogens (tertiary/aromatic N) is 3. The minimum atomic E-state index is -0.829. The Kier molecular flexibility index (Phi) is 4.57. The van der Waals surface area contributed by atoms with E-state index in [-0.39, 0.29) is 24.4 Å². The molecule has 5 nitrogen and oxygen atoms in total. The molecule has 2 aliphatic rings. The van der Waals surface area contributed by atoms with Gasteiger partial charge in [0.05, 0.1) is 5.60 Å². The topological polar surface area (TPSA) is 58.4 Å². The molecular formula is C21H27N3O2. The Morgan fingerprint density at radius 3 is 2.73 bits per heavy atom. The molecule has 1 aromatic heterocycles. The second-order valence-electron chi connectivity index (χ2n) is 7.72. The summed E-state index contributed by atoms with van der Waals surface area (Å²) in [5.74, 6) is 0.221. The van der Waals surface area contributed by atoms with Gasteiger partial charge in [0.1, 0.15) is 6.54 Å². The van der Waals surface area contributed by atoms with E-state index in [2.05, 4.69) is 5.10 Å². The number of aryl methyl sites for hydroxylation is 1. The van der Waals surface area contributed by atoms with Crippen molar-refractivity contribution in [3.8, 4) is 0 Å². The SMILES string of the molecule is Cc1ccnn1CC(=O)N1CCC(O)(c2ccccc2)C2CCCCC21. The second kappa shape index (κ2) is 6.88. The lowest BCUT2D eigenvalue weighted by molar-refractivity contribution is -0.155. The molecule has 1 aliphatic carbocycles. The molecule has 1 amide bonds. The molecule has 3 unspecified atom stereocenters. The molecule has 1 saturated carbocycles. The first-order chi connectivity index (χ1) is 12.6. The normalized spacial score (nSPS) is 28.6.